The Bertz CT molecular complexity index is 576. The van der Waals surface area contributed by atoms with Gasteiger partial charge in [-0.1, -0.05) is 5.16 Å². The lowest BCUT2D eigenvalue weighted by molar-refractivity contribution is 0.353. The van der Waals surface area contributed by atoms with Gasteiger partial charge in [0.15, 0.2) is 0 Å². The maximum atomic E-state index is 13.4. The quantitative estimate of drug-likeness (QED) is 0.902. The van der Waals surface area contributed by atoms with Crippen LogP contribution in [-0.2, 0) is 0 Å². The van der Waals surface area contributed by atoms with Gasteiger partial charge in [-0.05, 0) is 49.9 Å². The number of nitrogens with two attached hydrogens (primary N) is 1. The molecule has 1 aliphatic carbocycles. The molecule has 1 aliphatic rings. The molecule has 0 saturated heterocycles. The van der Waals surface area contributed by atoms with Crippen molar-refractivity contribution in [2.75, 3.05) is 0 Å². The van der Waals surface area contributed by atoms with Crippen LogP contribution in [0.4, 0.5) is 4.39 Å². The smallest absolute Gasteiger partial charge is 0.230 e. The highest BCUT2D eigenvalue weighted by Gasteiger charge is 2.28. The number of hydrogen-bond donors (Lipinski definition) is 1. The van der Waals surface area contributed by atoms with E-state index in [1.165, 1.54) is 12.1 Å². The summed E-state index contributed by atoms with van der Waals surface area (Å²) < 4.78 is 18.7. The first kappa shape index (κ1) is 12.3. The van der Waals surface area contributed by atoms with E-state index in [1.807, 2.05) is 13.0 Å². The lowest BCUT2D eigenvalue weighted by atomic mass is 10.1. The fraction of sp³-hybridized carbons (Fsp3) is 0.429. The number of aryl methyl sites for hydroxylation is 1. The van der Waals surface area contributed by atoms with Crippen molar-refractivity contribution in [1.82, 2.24) is 10.1 Å². The second-order valence-electron chi connectivity index (χ2n) is 5.24. The fourth-order valence-corrected chi connectivity index (χ4v) is 2.62. The third-order valence-electron chi connectivity index (χ3n) is 3.56. The molecule has 2 atom stereocenters. The van der Waals surface area contributed by atoms with Crippen molar-refractivity contribution in [1.29, 1.82) is 0 Å². The number of hydrogen-bond acceptors (Lipinski definition) is 4. The Kier molecular flexibility index (Phi) is 3.06. The van der Waals surface area contributed by atoms with Crippen LogP contribution in [0.5, 0.6) is 0 Å². The Hall–Kier alpha value is -1.75. The molecule has 100 valence electrons. The molecule has 0 amide bonds. The minimum Gasteiger partial charge on any atom is -0.339 e. The van der Waals surface area contributed by atoms with Gasteiger partial charge in [-0.25, -0.2) is 4.39 Å². The molecule has 2 N–H and O–H groups in total. The van der Waals surface area contributed by atoms with Crippen LogP contribution in [0.1, 0.15) is 36.6 Å². The normalized spacial score (nSPS) is 22.9. The molecule has 1 saturated carbocycles. The molecule has 1 aromatic heterocycles. The molecule has 2 aromatic rings. The van der Waals surface area contributed by atoms with E-state index in [4.69, 9.17) is 10.3 Å². The molecule has 0 bridgehead atoms. The molecule has 4 nitrogen and oxygen atoms in total. The molecule has 1 heterocycles. The van der Waals surface area contributed by atoms with Gasteiger partial charge in [-0.3, -0.25) is 0 Å². The SMILES string of the molecule is Cc1cc(F)cc(-c2noc(C3CCC(N)C3)n2)c1. The number of halogens is 1. The van der Waals surface area contributed by atoms with Gasteiger partial charge < -0.3 is 10.3 Å². The zero-order valence-electron chi connectivity index (χ0n) is 10.8. The second-order valence-corrected chi connectivity index (χ2v) is 5.24. The van der Waals surface area contributed by atoms with Crippen molar-refractivity contribution in [3.05, 3.63) is 35.5 Å². The van der Waals surface area contributed by atoms with Gasteiger partial charge in [-0.2, -0.15) is 4.98 Å². The van der Waals surface area contributed by atoms with Gasteiger partial charge in [-0.15, -0.1) is 0 Å². The molecule has 19 heavy (non-hydrogen) atoms. The van der Waals surface area contributed by atoms with Gasteiger partial charge >= 0.3 is 0 Å². The summed E-state index contributed by atoms with van der Waals surface area (Å²) >= 11 is 0. The number of aromatic nitrogens is 2. The summed E-state index contributed by atoms with van der Waals surface area (Å²) in [6.07, 6.45) is 2.84. The molecule has 5 heteroatoms. The Labute approximate surface area is 110 Å². The molecular weight excluding hydrogens is 245 g/mol. The maximum absolute atomic E-state index is 13.4. The van der Waals surface area contributed by atoms with Gasteiger partial charge in [0.25, 0.3) is 0 Å². The van der Waals surface area contributed by atoms with Crippen molar-refractivity contribution in [2.24, 2.45) is 5.73 Å². The van der Waals surface area contributed by atoms with Crippen molar-refractivity contribution in [3.8, 4) is 11.4 Å². The second kappa shape index (κ2) is 4.74. The zero-order chi connectivity index (χ0) is 13.4. The number of rotatable bonds is 2. The van der Waals surface area contributed by atoms with Crippen LogP contribution >= 0.6 is 0 Å². The van der Waals surface area contributed by atoms with Crippen LogP contribution in [0.3, 0.4) is 0 Å². The van der Waals surface area contributed by atoms with Crippen LogP contribution in [0.25, 0.3) is 11.4 Å². The van der Waals surface area contributed by atoms with E-state index in [9.17, 15) is 4.39 Å². The van der Waals surface area contributed by atoms with Crippen molar-refractivity contribution in [3.63, 3.8) is 0 Å². The summed E-state index contributed by atoms with van der Waals surface area (Å²) in [6, 6.07) is 4.96. The highest BCUT2D eigenvalue weighted by molar-refractivity contribution is 5.55. The summed E-state index contributed by atoms with van der Waals surface area (Å²) in [5.41, 5.74) is 7.37. The molecule has 1 aromatic carbocycles. The van der Waals surface area contributed by atoms with E-state index in [1.54, 1.807) is 0 Å². The first-order chi connectivity index (χ1) is 9.11. The van der Waals surface area contributed by atoms with E-state index < -0.39 is 0 Å². The largest absolute Gasteiger partial charge is 0.339 e. The topological polar surface area (TPSA) is 64.9 Å². The highest BCUT2D eigenvalue weighted by atomic mass is 19.1. The van der Waals surface area contributed by atoms with E-state index in [-0.39, 0.29) is 17.8 Å². The Morgan fingerprint density at radius 1 is 1.32 bits per heavy atom. The molecule has 1 fully saturated rings. The number of benzene rings is 1. The van der Waals surface area contributed by atoms with Gasteiger partial charge in [0.2, 0.25) is 11.7 Å². The van der Waals surface area contributed by atoms with Crippen LogP contribution in [0, 0.1) is 12.7 Å². The lowest BCUT2D eigenvalue weighted by Gasteiger charge is -2.01. The number of nitrogens with zero attached hydrogens (tertiary/aromatic N) is 2. The predicted octanol–water partition coefficient (Wildman–Crippen LogP) is 2.78. The van der Waals surface area contributed by atoms with Crippen LogP contribution in [0.2, 0.25) is 0 Å². The summed E-state index contributed by atoms with van der Waals surface area (Å²) in [5, 5.41) is 3.94. The van der Waals surface area contributed by atoms with Crippen LogP contribution in [0.15, 0.2) is 22.7 Å². The molecule has 2 unspecified atom stereocenters. The Balaban J connectivity index is 1.88. The first-order valence-electron chi connectivity index (χ1n) is 6.48. The van der Waals surface area contributed by atoms with Crippen molar-refractivity contribution >= 4 is 0 Å². The van der Waals surface area contributed by atoms with Crippen molar-refractivity contribution < 1.29 is 8.91 Å². The molecular formula is C14H16FN3O. The van der Waals surface area contributed by atoms with Gasteiger partial charge in [0.05, 0.1) is 0 Å². The van der Waals surface area contributed by atoms with E-state index >= 15 is 0 Å². The third-order valence-corrected chi connectivity index (χ3v) is 3.56. The Morgan fingerprint density at radius 2 is 2.16 bits per heavy atom. The molecule has 0 spiro atoms. The van der Waals surface area contributed by atoms with Gasteiger partial charge in [0.1, 0.15) is 5.82 Å². The minimum atomic E-state index is -0.288. The standard InChI is InChI=1S/C14H16FN3O/c1-8-4-10(6-11(15)5-8)13-17-14(19-18-13)9-2-3-12(16)7-9/h4-6,9,12H,2-3,7,16H2,1H3. The predicted molar refractivity (Wildman–Crippen MR) is 69.0 cm³/mol. The summed E-state index contributed by atoms with van der Waals surface area (Å²) in [4.78, 5) is 4.38. The molecule has 0 radical (unpaired) electrons. The lowest BCUT2D eigenvalue weighted by Crippen LogP contribution is -2.14. The Morgan fingerprint density at radius 3 is 2.84 bits per heavy atom. The van der Waals surface area contributed by atoms with E-state index in [0.29, 0.717) is 17.3 Å². The summed E-state index contributed by atoms with van der Waals surface area (Å²) in [7, 11) is 0. The monoisotopic (exact) mass is 261 g/mol. The van der Waals surface area contributed by atoms with E-state index in [0.717, 1.165) is 24.8 Å². The third kappa shape index (κ3) is 2.51. The average molecular weight is 261 g/mol. The summed E-state index contributed by atoms with van der Waals surface area (Å²) in [5.74, 6) is 1.01. The molecule has 3 rings (SSSR count). The zero-order valence-corrected chi connectivity index (χ0v) is 10.8. The van der Waals surface area contributed by atoms with Gasteiger partial charge in [0, 0.05) is 17.5 Å². The maximum Gasteiger partial charge on any atom is 0.230 e. The van der Waals surface area contributed by atoms with Crippen molar-refractivity contribution in [2.45, 2.75) is 38.1 Å². The highest BCUT2D eigenvalue weighted by Crippen LogP contribution is 2.33. The van der Waals surface area contributed by atoms with Crippen LogP contribution in [-0.4, -0.2) is 16.2 Å². The van der Waals surface area contributed by atoms with Crippen LogP contribution < -0.4 is 5.73 Å². The average Bonchev–Trinajstić information content (AvgIpc) is 2.95. The first-order valence-corrected chi connectivity index (χ1v) is 6.48. The van der Waals surface area contributed by atoms with E-state index in [2.05, 4.69) is 10.1 Å². The fourth-order valence-electron chi connectivity index (χ4n) is 2.62. The molecule has 0 aliphatic heterocycles. The minimum absolute atomic E-state index is 0.219. The summed E-state index contributed by atoms with van der Waals surface area (Å²) in [6.45, 7) is 1.84.